The summed E-state index contributed by atoms with van der Waals surface area (Å²) >= 11 is 10.9. The Balaban J connectivity index is 2.20. The highest BCUT2D eigenvalue weighted by molar-refractivity contribution is 9.10. The van der Waals surface area contributed by atoms with Gasteiger partial charge in [-0.3, -0.25) is 0 Å². The summed E-state index contributed by atoms with van der Waals surface area (Å²) in [6.45, 7) is 0. The van der Waals surface area contributed by atoms with E-state index in [0.717, 1.165) is 20.5 Å². The molecule has 22 heavy (non-hydrogen) atoms. The smallest absolute Gasteiger partial charge is 0.142 e. The van der Waals surface area contributed by atoms with Crippen LogP contribution in [0.15, 0.2) is 46.3 Å². The van der Waals surface area contributed by atoms with Gasteiger partial charge in [-0.2, -0.15) is 5.26 Å². The molecule has 0 spiro atoms. The van der Waals surface area contributed by atoms with Crippen LogP contribution < -0.4 is 5.73 Å². The average molecular weight is 391 g/mol. The lowest BCUT2D eigenvalue weighted by atomic mass is 10.0. The van der Waals surface area contributed by atoms with Crippen molar-refractivity contribution in [1.29, 1.82) is 5.26 Å². The molecule has 3 rings (SSSR count). The maximum absolute atomic E-state index is 9.37. The van der Waals surface area contributed by atoms with Gasteiger partial charge in [-0.1, -0.05) is 23.7 Å². The molecule has 1 aromatic carbocycles. The van der Waals surface area contributed by atoms with Gasteiger partial charge < -0.3 is 5.73 Å². The van der Waals surface area contributed by atoms with E-state index in [2.05, 4.69) is 27.0 Å². The Hall–Kier alpha value is -1.87. The summed E-state index contributed by atoms with van der Waals surface area (Å²) in [6, 6.07) is 13.4. The van der Waals surface area contributed by atoms with E-state index < -0.39 is 0 Å². The fourth-order valence-corrected chi connectivity index (χ4v) is 3.68. The number of pyridine rings is 1. The average Bonchev–Trinajstić information content (AvgIpc) is 2.93. The van der Waals surface area contributed by atoms with E-state index in [1.807, 2.05) is 29.6 Å². The number of halogens is 2. The molecule has 0 aliphatic heterocycles. The summed E-state index contributed by atoms with van der Waals surface area (Å²) in [6.07, 6.45) is 0. The SMILES string of the molecule is N#Cc1c(-c2cc(Br)cs2)cc(-c2ccc(Cl)cc2)nc1N. The lowest BCUT2D eigenvalue weighted by molar-refractivity contribution is 1.31. The molecule has 0 atom stereocenters. The third-order valence-corrected chi connectivity index (χ3v) is 5.11. The number of thiophene rings is 1. The maximum atomic E-state index is 9.37. The van der Waals surface area contributed by atoms with Crippen molar-refractivity contribution in [1.82, 2.24) is 4.98 Å². The number of aromatic nitrogens is 1. The highest BCUT2D eigenvalue weighted by Gasteiger charge is 2.14. The van der Waals surface area contributed by atoms with E-state index in [-0.39, 0.29) is 5.82 Å². The second-order valence-electron chi connectivity index (χ2n) is 4.56. The third kappa shape index (κ3) is 2.86. The summed E-state index contributed by atoms with van der Waals surface area (Å²) in [5.41, 5.74) is 8.78. The summed E-state index contributed by atoms with van der Waals surface area (Å²) in [4.78, 5) is 5.31. The van der Waals surface area contributed by atoms with E-state index in [1.165, 1.54) is 0 Å². The maximum Gasteiger partial charge on any atom is 0.142 e. The van der Waals surface area contributed by atoms with Crippen LogP contribution in [0.3, 0.4) is 0 Å². The van der Waals surface area contributed by atoms with E-state index in [0.29, 0.717) is 16.3 Å². The van der Waals surface area contributed by atoms with Crippen LogP contribution in [0, 0.1) is 11.3 Å². The first-order valence-corrected chi connectivity index (χ1v) is 8.34. The van der Waals surface area contributed by atoms with E-state index >= 15 is 0 Å². The minimum absolute atomic E-state index is 0.231. The Morgan fingerprint density at radius 3 is 2.55 bits per heavy atom. The molecule has 0 fully saturated rings. The molecule has 0 aliphatic carbocycles. The van der Waals surface area contributed by atoms with Crippen molar-refractivity contribution in [3.05, 3.63) is 56.8 Å². The van der Waals surface area contributed by atoms with Gasteiger partial charge in [-0.05, 0) is 40.2 Å². The first-order chi connectivity index (χ1) is 10.6. The Morgan fingerprint density at radius 2 is 1.95 bits per heavy atom. The summed E-state index contributed by atoms with van der Waals surface area (Å²) in [5, 5.41) is 12.0. The fraction of sp³-hybridized carbons (Fsp3) is 0. The standard InChI is InChI=1S/C16H9BrClN3S/c17-10-5-15(22-8-10)12-6-14(21-16(20)13(12)7-19)9-1-3-11(18)4-2-9/h1-6,8H,(H2,20,21). The van der Waals surface area contributed by atoms with Crippen LogP contribution in [0.2, 0.25) is 5.02 Å². The number of nitrogen functional groups attached to an aromatic ring is 1. The highest BCUT2D eigenvalue weighted by Crippen LogP contribution is 2.36. The molecule has 2 aromatic heterocycles. The van der Waals surface area contributed by atoms with Gasteiger partial charge in [-0.15, -0.1) is 11.3 Å². The molecule has 2 heterocycles. The number of nitrogens with zero attached hydrogens (tertiary/aromatic N) is 2. The molecule has 3 nitrogen and oxygen atoms in total. The second-order valence-corrected chi connectivity index (χ2v) is 6.83. The Kier molecular flexibility index (Phi) is 4.16. The zero-order valence-electron chi connectivity index (χ0n) is 11.2. The predicted molar refractivity (Wildman–Crippen MR) is 94.8 cm³/mol. The van der Waals surface area contributed by atoms with Crippen LogP contribution in [0.4, 0.5) is 5.82 Å². The fourth-order valence-electron chi connectivity index (χ4n) is 2.10. The lowest BCUT2D eigenvalue weighted by Gasteiger charge is -2.08. The van der Waals surface area contributed by atoms with Gasteiger partial charge in [0.25, 0.3) is 0 Å². The molecule has 0 radical (unpaired) electrons. The van der Waals surface area contributed by atoms with Gasteiger partial charge in [0.15, 0.2) is 0 Å². The molecular weight excluding hydrogens is 382 g/mol. The molecule has 2 N–H and O–H groups in total. The van der Waals surface area contributed by atoms with Crippen LogP contribution in [-0.2, 0) is 0 Å². The number of hydrogen-bond donors (Lipinski definition) is 1. The van der Waals surface area contributed by atoms with E-state index in [9.17, 15) is 5.26 Å². The van der Waals surface area contributed by atoms with Crippen molar-refractivity contribution < 1.29 is 0 Å². The van der Waals surface area contributed by atoms with Crippen molar-refractivity contribution in [3.8, 4) is 27.8 Å². The minimum Gasteiger partial charge on any atom is -0.383 e. The Labute approximate surface area is 145 Å². The molecule has 0 amide bonds. The molecule has 0 saturated heterocycles. The topological polar surface area (TPSA) is 62.7 Å². The largest absolute Gasteiger partial charge is 0.383 e. The van der Waals surface area contributed by atoms with Crippen LogP contribution in [0.25, 0.3) is 21.7 Å². The van der Waals surface area contributed by atoms with Crippen molar-refractivity contribution in [2.75, 3.05) is 5.73 Å². The Morgan fingerprint density at radius 1 is 1.23 bits per heavy atom. The Bertz CT molecular complexity index is 881. The normalized spacial score (nSPS) is 10.4. The van der Waals surface area contributed by atoms with Crippen molar-refractivity contribution in [2.24, 2.45) is 0 Å². The molecule has 0 aliphatic rings. The number of anilines is 1. The number of hydrogen-bond acceptors (Lipinski definition) is 4. The molecule has 108 valence electrons. The molecule has 3 aromatic rings. The minimum atomic E-state index is 0.231. The van der Waals surface area contributed by atoms with Crippen LogP contribution in [0.5, 0.6) is 0 Å². The first kappa shape index (κ1) is 15.0. The van der Waals surface area contributed by atoms with Crippen molar-refractivity contribution in [3.63, 3.8) is 0 Å². The van der Waals surface area contributed by atoms with Crippen molar-refractivity contribution >= 4 is 44.7 Å². The number of benzene rings is 1. The molecule has 6 heteroatoms. The predicted octanol–water partition coefficient (Wildman–Crippen LogP) is 5.35. The first-order valence-electron chi connectivity index (χ1n) is 6.29. The van der Waals surface area contributed by atoms with Gasteiger partial charge in [0, 0.05) is 30.9 Å². The van der Waals surface area contributed by atoms with Gasteiger partial charge in [0.1, 0.15) is 17.5 Å². The monoisotopic (exact) mass is 389 g/mol. The van der Waals surface area contributed by atoms with E-state index in [1.54, 1.807) is 23.5 Å². The van der Waals surface area contributed by atoms with E-state index in [4.69, 9.17) is 17.3 Å². The van der Waals surface area contributed by atoms with Crippen molar-refractivity contribution in [2.45, 2.75) is 0 Å². The highest BCUT2D eigenvalue weighted by atomic mass is 79.9. The number of rotatable bonds is 2. The zero-order valence-corrected chi connectivity index (χ0v) is 14.3. The van der Waals surface area contributed by atoms with Gasteiger partial charge in [-0.25, -0.2) is 4.98 Å². The summed E-state index contributed by atoms with van der Waals surface area (Å²) in [5.74, 6) is 0.231. The number of nitriles is 1. The quantitative estimate of drug-likeness (QED) is 0.642. The summed E-state index contributed by atoms with van der Waals surface area (Å²) in [7, 11) is 0. The molecular formula is C16H9BrClN3S. The molecule has 0 unspecified atom stereocenters. The van der Waals surface area contributed by atoms with Crippen LogP contribution in [-0.4, -0.2) is 4.98 Å². The van der Waals surface area contributed by atoms with Gasteiger partial charge in [0.2, 0.25) is 0 Å². The zero-order chi connectivity index (χ0) is 15.7. The molecule has 0 saturated carbocycles. The van der Waals surface area contributed by atoms with Gasteiger partial charge >= 0.3 is 0 Å². The number of nitrogens with two attached hydrogens (primary N) is 1. The van der Waals surface area contributed by atoms with Gasteiger partial charge in [0.05, 0.1) is 5.69 Å². The second kappa shape index (κ2) is 6.09. The lowest BCUT2D eigenvalue weighted by Crippen LogP contribution is -1.99. The third-order valence-electron chi connectivity index (χ3n) is 3.13. The van der Waals surface area contributed by atoms with Crippen LogP contribution in [0.1, 0.15) is 5.56 Å². The molecule has 0 bridgehead atoms. The summed E-state index contributed by atoms with van der Waals surface area (Å²) < 4.78 is 0.972. The van der Waals surface area contributed by atoms with Crippen LogP contribution >= 0.6 is 38.9 Å².